The van der Waals surface area contributed by atoms with Crippen molar-refractivity contribution in [3.63, 3.8) is 0 Å². The predicted molar refractivity (Wildman–Crippen MR) is 65.6 cm³/mol. The number of aliphatic imine (C=N–C) groups is 1. The summed E-state index contributed by atoms with van der Waals surface area (Å²) in [6.45, 7) is 5.87. The van der Waals surface area contributed by atoms with Crippen molar-refractivity contribution in [2.24, 2.45) is 10.1 Å². The first-order valence-corrected chi connectivity index (χ1v) is 5.12. The van der Waals surface area contributed by atoms with Gasteiger partial charge >= 0.3 is 0 Å². The van der Waals surface area contributed by atoms with Gasteiger partial charge in [-0.15, -0.1) is 0 Å². The zero-order chi connectivity index (χ0) is 11.8. The lowest BCUT2D eigenvalue weighted by molar-refractivity contribution is 0.313. The number of nitrogens with zero attached hydrogens (tertiary/aromatic N) is 2. The van der Waals surface area contributed by atoms with Crippen molar-refractivity contribution in [2.45, 2.75) is 6.92 Å². The minimum atomic E-state index is 0.467. The quantitative estimate of drug-likeness (QED) is 0.344. The molecule has 0 saturated heterocycles. The Hall–Kier alpha value is -1.55. The molecular weight excluding hydrogens is 228 g/mol. The molecule has 1 aromatic rings. The molecule has 1 rings (SSSR count). The van der Waals surface area contributed by atoms with Crippen LogP contribution in [0.2, 0.25) is 5.02 Å². The van der Waals surface area contributed by atoms with Crippen LogP contribution in [-0.4, -0.2) is 25.8 Å². The van der Waals surface area contributed by atoms with Gasteiger partial charge in [0.1, 0.15) is 12.4 Å². The van der Waals surface area contributed by atoms with E-state index in [2.05, 4.69) is 16.9 Å². The second kappa shape index (κ2) is 6.85. The van der Waals surface area contributed by atoms with Crippen LogP contribution in [0.1, 0.15) is 6.92 Å². The first-order chi connectivity index (χ1) is 7.72. The number of rotatable bonds is 5. The highest BCUT2D eigenvalue weighted by Gasteiger charge is 1.94. The molecule has 0 atom stereocenters. The molecular formula is C11H13ClN2O2. The van der Waals surface area contributed by atoms with Gasteiger partial charge < -0.3 is 9.57 Å². The third-order valence-electron chi connectivity index (χ3n) is 1.70. The molecule has 86 valence electrons. The number of halogens is 1. The largest absolute Gasteiger partial charge is 0.492 e. The summed E-state index contributed by atoms with van der Waals surface area (Å²) in [4.78, 5) is 8.76. The van der Waals surface area contributed by atoms with Crippen molar-refractivity contribution in [3.8, 4) is 5.75 Å². The summed E-state index contributed by atoms with van der Waals surface area (Å²) in [5.74, 6) is 1.23. The Morgan fingerprint density at radius 2 is 2.06 bits per heavy atom. The number of hydrogen-bond donors (Lipinski definition) is 0. The first-order valence-electron chi connectivity index (χ1n) is 4.75. The fourth-order valence-electron chi connectivity index (χ4n) is 1.02. The van der Waals surface area contributed by atoms with Crippen LogP contribution in [-0.2, 0) is 4.84 Å². The van der Waals surface area contributed by atoms with Crippen molar-refractivity contribution in [2.75, 3.05) is 13.2 Å². The molecule has 0 aliphatic carbocycles. The zero-order valence-electron chi connectivity index (χ0n) is 9.02. The zero-order valence-corrected chi connectivity index (χ0v) is 9.78. The van der Waals surface area contributed by atoms with Gasteiger partial charge in [-0.3, -0.25) is 0 Å². The van der Waals surface area contributed by atoms with E-state index in [0.29, 0.717) is 24.1 Å². The molecule has 0 heterocycles. The molecule has 5 heteroatoms. The van der Waals surface area contributed by atoms with Crippen molar-refractivity contribution in [1.29, 1.82) is 0 Å². The summed E-state index contributed by atoms with van der Waals surface area (Å²) in [5.41, 5.74) is 0. The summed E-state index contributed by atoms with van der Waals surface area (Å²) in [5, 5.41) is 3.93. The highest BCUT2D eigenvalue weighted by Crippen LogP contribution is 2.15. The molecule has 0 aliphatic rings. The van der Waals surface area contributed by atoms with E-state index in [1.165, 1.54) is 0 Å². The molecule has 0 spiro atoms. The Labute approximate surface area is 99.5 Å². The monoisotopic (exact) mass is 240 g/mol. The maximum absolute atomic E-state index is 5.74. The van der Waals surface area contributed by atoms with Crippen LogP contribution in [0.4, 0.5) is 0 Å². The molecule has 0 aliphatic heterocycles. The van der Waals surface area contributed by atoms with Gasteiger partial charge in [0.05, 0.1) is 6.54 Å². The second-order valence-electron chi connectivity index (χ2n) is 2.92. The van der Waals surface area contributed by atoms with Crippen molar-refractivity contribution >= 4 is 24.2 Å². The Morgan fingerprint density at radius 3 is 2.69 bits per heavy atom. The molecule has 16 heavy (non-hydrogen) atoms. The van der Waals surface area contributed by atoms with Gasteiger partial charge in [0, 0.05) is 18.7 Å². The number of benzene rings is 1. The van der Waals surface area contributed by atoms with E-state index in [0.717, 1.165) is 5.75 Å². The molecule has 4 nitrogen and oxygen atoms in total. The van der Waals surface area contributed by atoms with Crippen LogP contribution in [0.15, 0.2) is 34.4 Å². The van der Waals surface area contributed by atoms with Gasteiger partial charge in [-0.1, -0.05) is 16.8 Å². The van der Waals surface area contributed by atoms with Crippen LogP contribution in [0.25, 0.3) is 0 Å². The summed E-state index contributed by atoms with van der Waals surface area (Å²) >= 11 is 5.74. The van der Waals surface area contributed by atoms with E-state index >= 15 is 0 Å². The molecule has 0 fully saturated rings. The fraction of sp³-hybridized carbons (Fsp3) is 0.273. The van der Waals surface area contributed by atoms with Crippen molar-refractivity contribution < 1.29 is 9.57 Å². The molecule has 0 unspecified atom stereocenters. The van der Waals surface area contributed by atoms with E-state index in [-0.39, 0.29) is 0 Å². The minimum absolute atomic E-state index is 0.467. The fourth-order valence-corrected chi connectivity index (χ4v) is 1.15. The average Bonchev–Trinajstić information content (AvgIpc) is 2.27. The predicted octanol–water partition coefficient (Wildman–Crippen LogP) is 2.77. The van der Waals surface area contributed by atoms with Gasteiger partial charge in [0.2, 0.25) is 5.90 Å². The Bertz CT molecular complexity index is 363. The molecule has 0 amide bonds. The molecule has 1 aromatic carbocycles. The van der Waals surface area contributed by atoms with Crippen molar-refractivity contribution in [1.82, 2.24) is 0 Å². The van der Waals surface area contributed by atoms with Gasteiger partial charge in [0.15, 0.2) is 0 Å². The lowest BCUT2D eigenvalue weighted by Gasteiger charge is -2.04. The minimum Gasteiger partial charge on any atom is -0.492 e. The number of ether oxygens (including phenoxy) is 1. The van der Waals surface area contributed by atoms with Gasteiger partial charge in [-0.2, -0.15) is 0 Å². The summed E-state index contributed by atoms with van der Waals surface area (Å²) < 4.78 is 5.42. The van der Waals surface area contributed by atoms with Gasteiger partial charge in [-0.25, -0.2) is 4.99 Å². The van der Waals surface area contributed by atoms with E-state index in [4.69, 9.17) is 21.2 Å². The molecule has 0 N–H and O–H groups in total. The van der Waals surface area contributed by atoms with E-state index in [1.54, 1.807) is 31.2 Å². The number of hydrogen-bond acceptors (Lipinski definition) is 4. The van der Waals surface area contributed by atoms with Crippen LogP contribution in [0.5, 0.6) is 5.75 Å². The highest BCUT2D eigenvalue weighted by molar-refractivity contribution is 6.30. The van der Waals surface area contributed by atoms with Crippen LogP contribution < -0.4 is 4.74 Å². The van der Waals surface area contributed by atoms with E-state index in [9.17, 15) is 0 Å². The molecule has 0 saturated carbocycles. The standard InChI is InChI=1S/C11H13ClN2O2/c1-9(16-13-2)14-7-8-15-11-5-3-10(12)4-6-11/h3-6H,2,7-8H2,1H3/b14-9-. The summed E-state index contributed by atoms with van der Waals surface area (Å²) in [6.07, 6.45) is 0. The third kappa shape index (κ3) is 4.79. The van der Waals surface area contributed by atoms with E-state index < -0.39 is 0 Å². The Kier molecular flexibility index (Phi) is 5.36. The number of oxime groups is 1. The van der Waals surface area contributed by atoms with Crippen LogP contribution in [0.3, 0.4) is 0 Å². The van der Waals surface area contributed by atoms with Crippen LogP contribution >= 0.6 is 11.6 Å². The molecule has 0 aromatic heterocycles. The van der Waals surface area contributed by atoms with E-state index in [1.807, 2.05) is 0 Å². The topological polar surface area (TPSA) is 43.2 Å². The maximum Gasteiger partial charge on any atom is 0.217 e. The van der Waals surface area contributed by atoms with Crippen LogP contribution in [0, 0.1) is 0 Å². The summed E-state index contributed by atoms with van der Waals surface area (Å²) in [6, 6.07) is 7.16. The second-order valence-corrected chi connectivity index (χ2v) is 3.36. The molecule has 0 radical (unpaired) electrons. The average molecular weight is 241 g/mol. The Morgan fingerprint density at radius 1 is 1.38 bits per heavy atom. The maximum atomic E-state index is 5.74. The highest BCUT2D eigenvalue weighted by atomic mass is 35.5. The lowest BCUT2D eigenvalue weighted by atomic mass is 10.3. The SMILES string of the molecule is C=NO/C(C)=N\CCOc1ccc(Cl)cc1. The normalized spacial score (nSPS) is 11.0. The van der Waals surface area contributed by atoms with Gasteiger partial charge in [-0.05, 0) is 24.3 Å². The third-order valence-corrected chi connectivity index (χ3v) is 1.96. The van der Waals surface area contributed by atoms with Gasteiger partial charge in [0.25, 0.3) is 0 Å². The smallest absolute Gasteiger partial charge is 0.217 e. The first kappa shape index (κ1) is 12.5. The van der Waals surface area contributed by atoms with Crippen molar-refractivity contribution in [3.05, 3.63) is 29.3 Å². The summed E-state index contributed by atoms with van der Waals surface area (Å²) in [7, 11) is 0. The lowest BCUT2D eigenvalue weighted by Crippen LogP contribution is -2.03. The molecule has 0 bridgehead atoms. The Balaban J connectivity index is 2.28.